The van der Waals surface area contributed by atoms with E-state index in [9.17, 15) is 9.90 Å². The van der Waals surface area contributed by atoms with Gasteiger partial charge >= 0.3 is 0 Å². The van der Waals surface area contributed by atoms with E-state index in [1.165, 1.54) is 0 Å². The molecule has 0 saturated carbocycles. The number of carbonyl (C=O) groups excluding carboxylic acids is 1. The van der Waals surface area contributed by atoms with Gasteiger partial charge in [0.15, 0.2) is 0 Å². The van der Waals surface area contributed by atoms with Gasteiger partial charge in [0.2, 0.25) is 5.91 Å². The summed E-state index contributed by atoms with van der Waals surface area (Å²) in [5, 5.41) is 13.0. The maximum Gasteiger partial charge on any atom is 0.238 e. The standard InChI is InChI=1S/C16H24N2O2/c1-13-5-3-6-14(11-13)17-15(19)12-18-9-4-7-16(2,20)8-10-18/h3,5-6,11,20H,4,7-10,12H2,1-2H3,(H,17,19). The van der Waals surface area contributed by atoms with E-state index in [4.69, 9.17) is 0 Å². The minimum Gasteiger partial charge on any atom is -0.390 e. The van der Waals surface area contributed by atoms with E-state index < -0.39 is 5.60 Å². The Balaban J connectivity index is 1.85. The molecule has 1 unspecified atom stereocenters. The number of amides is 1. The van der Waals surface area contributed by atoms with Crippen molar-refractivity contribution in [2.24, 2.45) is 0 Å². The van der Waals surface area contributed by atoms with Crippen molar-refractivity contribution >= 4 is 11.6 Å². The molecule has 1 amide bonds. The SMILES string of the molecule is Cc1cccc(NC(=O)CN2CCCC(C)(O)CC2)c1. The molecular formula is C16H24N2O2. The van der Waals surface area contributed by atoms with Crippen LogP contribution in [0.25, 0.3) is 0 Å². The number of benzene rings is 1. The van der Waals surface area contributed by atoms with Crippen molar-refractivity contribution in [3.05, 3.63) is 29.8 Å². The molecule has 4 heteroatoms. The fraction of sp³-hybridized carbons (Fsp3) is 0.562. The second-order valence-electron chi connectivity index (χ2n) is 6.04. The van der Waals surface area contributed by atoms with Crippen molar-refractivity contribution in [2.75, 3.05) is 25.0 Å². The lowest BCUT2D eigenvalue weighted by Crippen LogP contribution is -2.35. The summed E-state index contributed by atoms with van der Waals surface area (Å²) in [5.41, 5.74) is 1.40. The van der Waals surface area contributed by atoms with Crippen LogP contribution in [0, 0.1) is 6.92 Å². The van der Waals surface area contributed by atoms with Gasteiger partial charge < -0.3 is 10.4 Å². The zero-order valence-corrected chi connectivity index (χ0v) is 12.4. The quantitative estimate of drug-likeness (QED) is 0.889. The van der Waals surface area contributed by atoms with Crippen LogP contribution in [0.5, 0.6) is 0 Å². The fourth-order valence-electron chi connectivity index (χ4n) is 2.60. The largest absolute Gasteiger partial charge is 0.390 e. The number of aryl methyl sites for hydroxylation is 1. The number of carbonyl (C=O) groups is 1. The van der Waals surface area contributed by atoms with Crippen molar-refractivity contribution < 1.29 is 9.90 Å². The molecule has 1 aromatic carbocycles. The van der Waals surface area contributed by atoms with Gasteiger partial charge in [-0.2, -0.15) is 0 Å². The molecule has 4 nitrogen and oxygen atoms in total. The van der Waals surface area contributed by atoms with Gasteiger partial charge in [0.25, 0.3) is 0 Å². The lowest BCUT2D eigenvalue weighted by molar-refractivity contribution is -0.117. The van der Waals surface area contributed by atoms with Gasteiger partial charge in [-0.05, 0) is 57.4 Å². The molecule has 1 aliphatic heterocycles. The Morgan fingerprint density at radius 2 is 2.20 bits per heavy atom. The van der Waals surface area contributed by atoms with Crippen LogP contribution >= 0.6 is 0 Å². The van der Waals surface area contributed by atoms with Crippen LogP contribution in [-0.4, -0.2) is 41.1 Å². The first-order chi connectivity index (χ1) is 9.44. The topological polar surface area (TPSA) is 52.6 Å². The number of hydrogen-bond acceptors (Lipinski definition) is 3. The Bertz CT molecular complexity index is 471. The zero-order chi connectivity index (χ0) is 14.6. The molecule has 20 heavy (non-hydrogen) atoms. The van der Waals surface area contributed by atoms with E-state index in [-0.39, 0.29) is 5.91 Å². The highest BCUT2D eigenvalue weighted by atomic mass is 16.3. The van der Waals surface area contributed by atoms with Gasteiger partial charge in [-0.3, -0.25) is 9.69 Å². The average molecular weight is 276 g/mol. The Kier molecular flexibility index (Phi) is 4.78. The van der Waals surface area contributed by atoms with Gasteiger partial charge in [0.1, 0.15) is 0 Å². The normalized spacial score (nSPS) is 24.1. The molecule has 0 spiro atoms. The molecule has 1 aromatic rings. The highest BCUT2D eigenvalue weighted by Crippen LogP contribution is 2.21. The van der Waals surface area contributed by atoms with Crippen molar-refractivity contribution in [2.45, 2.75) is 38.7 Å². The lowest BCUT2D eigenvalue weighted by atomic mass is 9.98. The summed E-state index contributed by atoms with van der Waals surface area (Å²) in [6.07, 6.45) is 2.47. The van der Waals surface area contributed by atoms with Crippen LogP contribution in [0.1, 0.15) is 31.7 Å². The third-order valence-electron chi connectivity index (χ3n) is 3.83. The second-order valence-corrected chi connectivity index (χ2v) is 6.04. The minimum atomic E-state index is -0.582. The van der Waals surface area contributed by atoms with E-state index in [0.29, 0.717) is 6.54 Å². The molecule has 110 valence electrons. The predicted molar refractivity (Wildman–Crippen MR) is 80.7 cm³/mol. The molecule has 2 N–H and O–H groups in total. The summed E-state index contributed by atoms with van der Waals surface area (Å²) < 4.78 is 0. The number of rotatable bonds is 3. The number of hydrogen-bond donors (Lipinski definition) is 2. The van der Waals surface area contributed by atoms with Gasteiger partial charge in [-0.25, -0.2) is 0 Å². The summed E-state index contributed by atoms with van der Waals surface area (Å²) in [7, 11) is 0. The molecular weight excluding hydrogens is 252 g/mol. The summed E-state index contributed by atoms with van der Waals surface area (Å²) in [4.78, 5) is 14.2. The first kappa shape index (κ1) is 15.0. The highest BCUT2D eigenvalue weighted by molar-refractivity contribution is 5.92. The molecule has 2 rings (SSSR count). The number of anilines is 1. The first-order valence-corrected chi connectivity index (χ1v) is 7.26. The molecule has 0 radical (unpaired) electrons. The zero-order valence-electron chi connectivity index (χ0n) is 12.4. The molecule has 0 aliphatic carbocycles. The number of aliphatic hydroxyl groups is 1. The molecule has 1 saturated heterocycles. The van der Waals surface area contributed by atoms with Gasteiger partial charge in [-0.1, -0.05) is 12.1 Å². The van der Waals surface area contributed by atoms with Crippen LogP contribution in [0.15, 0.2) is 24.3 Å². The Morgan fingerprint density at radius 1 is 1.40 bits per heavy atom. The fourth-order valence-corrected chi connectivity index (χ4v) is 2.60. The molecule has 1 fully saturated rings. The van der Waals surface area contributed by atoms with Crippen LogP contribution in [0.4, 0.5) is 5.69 Å². The average Bonchev–Trinajstić information content (AvgIpc) is 2.51. The van der Waals surface area contributed by atoms with E-state index in [0.717, 1.165) is 43.6 Å². The molecule has 0 aromatic heterocycles. The van der Waals surface area contributed by atoms with Crippen LogP contribution in [-0.2, 0) is 4.79 Å². The maximum absolute atomic E-state index is 12.1. The first-order valence-electron chi connectivity index (χ1n) is 7.26. The lowest BCUT2D eigenvalue weighted by Gasteiger charge is -2.22. The van der Waals surface area contributed by atoms with Gasteiger partial charge in [0.05, 0.1) is 12.1 Å². The summed E-state index contributed by atoms with van der Waals surface area (Å²) in [6.45, 7) is 5.92. The smallest absolute Gasteiger partial charge is 0.238 e. The van der Waals surface area contributed by atoms with E-state index in [2.05, 4.69) is 10.2 Å². The summed E-state index contributed by atoms with van der Waals surface area (Å²) in [6, 6.07) is 7.81. The molecule has 1 aliphatic rings. The highest BCUT2D eigenvalue weighted by Gasteiger charge is 2.25. The van der Waals surface area contributed by atoms with Crippen LogP contribution in [0.2, 0.25) is 0 Å². The van der Waals surface area contributed by atoms with Crippen molar-refractivity contribution in [3.63, 3.8) is 0 Å². The number of nitrogens with one attached hydrogen (secondary N) is 1. The summed E-state index contributed by atoms with van der Waals surface area (Å²) >= 11 is 0. The Labute approximate surface area is 120 Å². The van der Waals surface area contributed by atoms with Crippen molar-refractivity contribution in [3.8, 4) is 0 Å². The van der Waals surface area contributed by atoms with E-state index in [1.54, 1.807) is 0 Å². The van der Waals surface area contributed by atoms with Crippen LogP contribution < -0.4 is 5.32 Å². The van der Waals surface area contributed by atoms with Gasteiger partial charge in [0, 0.05) is 12.2 Å². The Hall–Kier alpha value is -1.39. The summed E-state index contributed by atoms with van der Waals surface area (Å²) in [5.74, 6) is 0.0112. The number of likely N-dealkylation sites (tertiary alicyclic amines) is 1. The second kappa shape index (κ2) is 6.37. The molecule has 0 bridgehead atoms. The third kappa shape index (κ3) is 4.62. The van der Waals surface area contributed by atoms with Crippen molar-refractivity contribution in [1.82, 2.24) is 4.90 Å². The van der Waals surface area contributed by atoms with E-state index >= 15 is 0 Å². The minimum absolute atomic E-state index is 0.0112. The maximum atomic E-state index is 12.1. The molecule has 1 heterocycles. The van der Waals surface area contributed by atoms with Gasteiger partial charge in [-0.15, -0.1) is 0 Å². The van der Waals surface area contributed by atoms with Crippen molar-refractivity contribution in [1.29, 1.82) is 0 Å². The predicted octanol–water partition coefficient (Wildman–Crippen LogP) is 2.17. The Morgan fingerprint density at radius 3 is 2.95 bits per heavy atom. The van der Waals surface area contributed by atoms with Crippen LogP contribution in [0.3, 0.4) is 0 Å². The third-order valence-corrected chi connectivity index (χ3v) is 3.83. The number of nitrogens with zero attached hydrogens (tertiary/aromatic N) is 1. The monoisotopic (exact) mass is 276 g/mol. The molecule has 1 atom stereocenters. The van der Waals surface area contributed by atoms with E-state index in [1.807, 2.05) is 38.1 Å².